The van der Waals surface area contributed by atoms with Crippen LogP contribution in [0.5, 0.6) is 5.75 Å². The van der Waals surface area contributed by atoms with E-state index in [0.717, 1.165) is 11.3 Å². The molecular formula is C12H21Cl2N3O2. The minimum atomic E-state index is -0.492. The van der Waals surface area contributed by atoms with Crippen molar-refractivity contribution in [3.05, 3.63) is 23.8 Å². The molecule has 0 fully saturated rings. The number of benzene rings is 1. The van der Waals surface area contributed by atoms with E-state index in [1.165, 1.54) is 5.01 Å². The van der Waals surface area contributed by atoms with E-state index in [4.69, 9.17) is 4.74 Å². The number of rotatable bonds is 3. The van der Waals surface area contributed by atoms with Gasteiger partial charge in [-0.1, -0.05) is 6.07 Å². The molecule has 1 rings (SSSR count). The number of carbonyl (C=O) groups is 1. The minimum Gasteiger partial charge on any atom is -0.409 e. The second-order valence-corrected chi connectivity index (χ2v) is 4.24. The molecular weight excluding hydrogens is 289 g/mol. The molecule has 7 heteroatoms. The van der Waals surface area contributed by atoms with Crippen LogP contribution in [0.25, 0.3) is 0 Å². The molecule has 110 valence electrons. The first kappa shape index (κ1) is 20.2. The van der Waals surface area contributed by atoms with Crippen LogP contribution in [-0.4, -0.2) is 39.3 Å². The maximum atomic E-state index is 11.5. The number of anilines is 1. The Bertz CT molecular complexity index is 412. The van der Waals surface area contributed by atoms with E-state index in [1.54, 1.807) is 14.1 Å². The summed E-state index contributed by atoms with van der Waals surface area (Å²) in [5, 5.41) is 1.54. The van der Waals surface area contributed by atoms with Gasteiger partial charge in [-0.3, -0.25) is 5.43 Å². The third-order valence-electron chi connectivity index (χ3n) is 2.21. The molecule has 0 spiro atoms. The van der Waals surface area contributed by atoms with Gasteiger partial charge in [-0.25, -0.2) is 9.80 Å². The average molecular weight is 310 g/mol. The lowest BCUT2D eigenvalue weighted by atomic mass is 10.2. The second-order valence-electron chi connectivity index (χ2n) is 4.24. The lowest BCUT2D eigenvalue weighted by Gasteiger charge is -2.16. The third kappa shape index (κ3) is 6.52. The van der Waals surface area contributed by atoms with E-state index in [1.807, 2.05) is 44.1 Å². The van der Waals surface area contributed by atoms with E-state index in [9.17, 15) is 4.79 Å². The van der Waals surface area contributed by atoms with Crippen LogP contribution in [-0.2, 0) is 0 Å². The number of nitrogens with zero attached hydrogens (tertiary/aromatic N) is 2. The normalized spacial score (nSPS) is 9.16. The number of nitrogens with one attached hydrogen (secondary N) is 1. The molecule has 0 aliphatic carbocycles. The van der Waals surface area contributed by atoms with Crippen LogP contribution in [0.4, 0.5) is 10.5 Å². The van der Waals surface area contributed by atoms with Crippen molar-refractivity contribution in [3.63, 3.8) is 0 Å². The summed E-state index contributed by atoms with van der Waals surface area (Å²) in [7, 11) is 7.33. The van der Waals surface area contributed by atoms with Gasteiger partial charge in [0.25, 0.3) is 0 Å². The Morgan fingerprint density at radius 2 is 1.74 bits per heavy atom. The van der Waals surface area contributed by atoms with Gasteiger partial charge in [0.15, 0.2) is 0 Å². The highest BCUT2D eigenvalue weighted by atomic mass is 35.5. The first-order valence-corrected chi connectivity index (χ1v) is 5.34. The summed E-state index contributed by atoms with van der Waals surface area (Å²) in [6.45, 7) is 1.90. The van der Waals surface area contributed by atoms with Crippen molar-refractivity contribution >= 4 is 36.6 Å². The van der Waals surface area contributed by atoms with Crippen LogP contribution >= 0.6 is 24.8 Å². The Labute approximate surface area is 126 Å². The van der Waals surface area contributed by atoms with Crippen LogP contribution in [0.15, 0.2) is 18.2 Å². The fourth-order valence-electron chi connectivity index (χ4n) is 1.28. The molecule has 1 aromatic carbocycles. The van der Waals surface area contributed by atoms with Gasteiger partial charge < -0.3 is 9.64 Å². The molecule has 0 saturated heterocycles. The van der Waals surface area contributed by atoms with Crippen LogP contribution in [0.3, 0.4) is 0 Å². The van der Waals surface area contributed by atoms with Crippen molar-refractivity contribution in [3.8, 4) is 5.75 Å². The molecule has 0 heterocycles. The summed E-state index contributed by atoms with van der Waals surface area (Å²) in [5.41, 5.74) is 4.44. The number of hydrogen-bond donors (Lipinski definition) is 1. The standard InChI is InChI=1S/C12H19N3O2.2ClH/c1-9-6-7-10(14(2)3)8-11(9)17-12(16)13-15(4)5;;/h6-8H,1-5H3,(H,13,16);2*1H. The van der Waals surface area contributed by atoms with Gasteiger partial charge in [0.1, 0.15) is 5.75 Å². The number of hydrazine groups is 1. The number of carbonyl (C=O) groups excluding carboxylic acids is 1. The van der Waals surface area contributed by atoms with Crippen molar-refractivity contribution in [1.82, 2.24) is 10.4 Å². The van der Waals surface area contributed by atoms with Gasteiger partial charge in [-0.15, -0.1) is 24.8 Å². The monoisotopic (exact) mass is 309 g/mol. The number of ether oxygens (including phenoxy) is 1. The summed E-state index contributed by atoms with van der Waals surface area (Å²) < 4.78 is 5.23. The van der Waals surface area contributed by atoms with E-state index in [2.05, 4.69) is 5.43 Å². The SMILES string of the molecule is Cc1ccc(N(C)C)cc1OC(=O)NN(C)C.Cl.Cl. The molecule has 0 bridgehead atoms. The Kier molecular flexibility index (Phi) is 9.39. The summed E-state index contributed by atoms with van der Waals surface area (Å²) in [4.78, 5) is 13.4. The largest absolute Gasteiger partial charge is 0.427 e. The molecule has 19 heavy (non-hydrogen) atoms. The Hall–Kier alpha value is -1.17. The summed E-state index contributed by atoms with van der Waals surface area (Å²) in [6, 6.07) is 5.74. The van der Waals surface area contributed by atoms with Crippen LogP contribution < -0.4 is 15.1 Å². The molecule has 0 aliphatic heterocycles. The van der Waals surface area contributed by atoms with E-state index in [0.29, 0.717) is 5.75 Å². The highest BCUT2D eigenvalue weighted by Crippen LogP contribution is 2.24. The third-order valence-corrected chi connectivity index (χ3v) is 2.21. The Morgan fingerprint density at radius 3 is 2.21 bits per heavy atom. The molecule has 0 saturated carbocycles. The zero-order chi connectivity index (χ0) is 13.0. The number of hydrogen-bond acceptors (Lipinski definition) is 4. The molecule has 5 nitrogen and oxygen atoms in total. The van der Waals surface area contributed by atoms with E-state index < -0.39 is 6.09 Å². The molecule has 0 unspecified atom stereocenters. The van der Waals surface area contributed by atoms with Gasteiger partial charge >= 0.3 is 6.09 Å². The topological polar surface area (TPSA) is 44.8 Å². The lowest BCUT2D eigenvalue weighted by molar-refractivity contribution is 0.171. The summed E-state index contributed by atoms with van der Waals surface area (Å²) in [5.74, 6) is 0.565. The molecule has 1 aromatic rings. The molecule has 0 aromatic heterocycles. The fourth-order valence-corrected chi connectivity index (χ4v) is 1.28. The van der Waals surface area contributed by atoms with Crippen LogP contribution in [0.1, 0.15) is 5.56 Å². The first-order valence-electron chi connectivity index (χ1n) is 5.34. The Balaban J connectivity index is 0. The highest BCUT2D eigenvalue weighted by molar-refractivity contribution is 5.85. The molecule has 0 aliphatic rings. The zero-order valence-corrected chi connectivity index (χ0v) is 13.4. The predicted molar refractivity (Wildman–Crippen MR) is 82.8 cm³/mol. The van der Waals surface area contributed by atoms with Gasteiger partial charge in [0.05, 0.1) is 0 Å². The van der Waals surface area contributed by atoms with Crippen molar-refractivity contribution in [2.24, 2.45) is 0 Å². The van der Waals surface area contributed by atoms with E-state index in [-0.39, 0.29) is 24.8 Å². The van der Waals surface area contributed by atoms with Crippen LogP contribution in [0, 0.1) is 6.92 Å². The predicted octanol–water partition coefficient (Wildman–Crippen LogP) is 2.47. The molecule has 0 atom stereocenters. The van der Waals surface area contributed by atoms with Gasteiger partial charge in [0.2, 0.25) is 0 Å². The van der Waals surface area contributed by atoms with Gasteiger partial charge in [-0.2, -0.15) is 0 Å². The maximum absolute atomic E-state index is 11.5. The first-order chi connectivity index (χ1) is 7.90. The van der Waals surface area contributed by atoms with E-state index >= 15 is 0 Å². The minimum absolute atomic E-state index is 0. The number of halogens is 2. The van der Waals surface area contributed by atoms with Gasteiger partial charge in [0, 0.05) is 39.9 Å². The summed E-state index contributed by atoms with van der Waals surface area (Å²) >= 11 is 0. The van der Waals surface area contributed by atoms with Crippen molar-refractivity contribution in [2.45, 2.75) is 6.92 Å². The van der Waals surface area contributed by atoms with Crippen molar-refractivity contribution in [2.75, 3.05) is 33.1 Å². The zero-order valence-electron chi connectivity index (χ0n) is 11.8. The smallest absolute Gasteiger partial charge is 0.409 e. The van der Waals surface area contributed by atoms with Crippen molar-refractivity contribution < 1.29 is 9.53 Å². The Morgan fingerprint density at radius 1 is 1.16 bits per heavy atom. The fraction of sp³-hybridized carbons (Fsp3) is 0.417. The molecule has 0 radical (unpaired) electrons. The quantitative estimate of drug-likeness (QED) is 0.871. The lowest BCUT2D eigenvalue weighted by Crippen LogP contribution is -2.38. The average Bonchev–Trinajstić information content (AvgIpc) is 2.19. The van der Waals surface area contributed by atoms with Gasteiger partial charge in [-0.05, 0) is 18.6 Å². The molecule has 1 N–H and O–H groups in total. The van der Waals surface area contributed by atoms with Crippen molar-refractivity contribution in [1.29, 1.82) is 0 Å². The number of amides is 1. The maximum Gasteiger partial charge on any atom is 0.427 e. The number of aryl methyl sites for hydroxylation is 1. The highest BCUT2D eigenvalue weighted by Gasteiger charge is 2.09. The molecule has 1 amide bonds. The second kappa shape index (κ2) is 8.85. The van der Waals surface area contributed by atoms with Crippen LogP contribution in [0.2, 0.25) is 0 Å². The summed E-state index contributed by atoms with van der Waals surface area (Å²) in [6.07, 6.45) is -0.492.